The molecular weight excluding hydrogens is 652 g/mol. The Labute approximate surface area is 274 Å². The number of carbonyl (C=O) groups is 1. The highest BCUT2D eigenvalue weighted by Crippen LogP contribution is 2.18. The van der Waals surface area contributed by atoms with E-state index in [1.165, 1.54) is 0 Å². The second kappa shape index (κ2) is 16.3. The minimum atomic E-state index is -4.92. The molecule has 2 aromatic carbocycles. The van der Waals surface area contributed by atoms with Crippen LogP contribution >= 0.6 is 0 Å². The number of carbonyl (C=O) groups excluding carboxylic acids is 1. The van der Waals surface area contributed by atoms with Gasteiger partial charge in [-0.15, -0.1) is 0 Å². The fourth-order valence-electron chi connectivity index (χ4n) is 4.31. The lowest BCUT2D eigenvalue weighted by Gasteiger charge is -2.11. The third-order valence-corrected chi connectivity index (χ3v) is 6.51. The van der Waals surface area contributed by atoms with Crippen molar-refractivity contribution in [1.82, 2.24) is 9.72 Å². The lowest BCUT2D eigenvalue weighted by atomic mass is 10.1. The summed E-state index contributed by atoms with van der Waals surface area (Å²) in [5, 5.41) is 2.78. The number of benzene rings is 2. The fourth-order valence-corrected chi connectivity index (χ4v) is 4.31. The van der Waals surface area contributed by atoms with Crippen molar-refractivity contribution in [2.75, 3.05) is 45.0 Å². The van der Waals surface area contributed by atoms with E-state index in [2.05, 4.69) is 103 Å². The molecule has 0 radical (unpaired) electrons. The quantitative estimate of drug-likeness (QED) is 0.144. The summed E-state index contributed by atoms with van der Waals surface area (Å²) in [6.07, 6.45) is 10.3. The maximum Gasteiger partial charge on any atom is 0.343 e. The smallest absolute Gasteiger partial charge is 0.343 e. The van der Waals surface area contributed by atoms with Crippen molar-refractivity contribution in [2.24, 2.45) is 14.1 Å². The molecule has 0 aliphatic carbocycles. The molecule has 4 rings (SSSR count). The average molecular weight is 691 g/mol. The van der Waals surface area contributed by atoms with E-state index in [0.29, 0.717) is 5.69 Å². The largest absolute Gasteiger partial charge is 0.726 e. The van der Waals surface area contributed by atoms with Crippen LogP contribution in [0.5, 0.6) is 0 Å². The summed E-state index contributed by atoms with van der Waals surface area (Å²) < 4.78 is 71.6. The molecule has 47 heavy (non-hydrogen) atoms. The summed E-state index contributed by atoms with van der Waals surface area (Å²) in [6, 6.07) is 19.0. The molecule has 3 N–H and O–H groups in total. The second-order valence-corrected chi connectivity index (χ2v) is 12.1. The number of aromatic nitrogens is 3. The van der Waals surface area contributed by atoms with E-state index in [1.807, 2.05) is 53.2 Å². The van der Waals surface area contributed by atoms with E-state index < -0.39 is 20.8 Å². The lowest BCUT2D eigenvalue weighted by molar-refractivity contribution is -0.680. The summed E-state index contributed by atoms with van der Waals surface area (Å²) in [5.74, 6) is -0.129. The number of amides is 1. The summed E-state index contributed by atoms with van der Waals surface area (Å²) in [6.45, 7) is 0. The van der Waals surface area contributed by atoms with Gasteiger partial charge in [0, 0.05) is 52.7 Å². The Morgan fingerprint density at radius 3 is 1.57 bits per heavy atom. The number of hydrogen-bond acceptors (Lipinski definition) is 9. The summed E-state index contributed by atoms with van der Waals surface area (Å²) in [7, 11) is 3.85. The van der Waals surface area contributed by atoms with Gasteiger partial charge in [-0.05, 0) is 47.5 Å². The molecule has 17 heteroatoms. The van der Waals surface area contributed by atoms with Gasteiger partial charge in [-0.2, -0.15) is 4.40 Å². The molecule has 2 heterocycles. The predicted octanol–water partition coefficient (Wildman–Crippen LogP) is 1.43. The Bertz CT molecular complexity index is 1920. The molecule has 1 amide bonds. The fraction of sp³-hybridized carbons (Fsp3) is 0.233. The Morgan fingerprint density at radius 1 is 0.787 bits per heavy atom. The lowest BCUT2D eigenvalue weighted by Crippen LogP contribution is -2.41. The third kappa shape index (κ3) is 12.6. The zero-order valence-electron chi connectivity index (χ0n) is 26.9. The minimum Gasteiger partial charge on any atom is -0.726 e. The molecule has 0 aliphatic rings. The van der Waals surface area contributed by atoms with E-state index in [0.717, 1.165) is 39.5 Å². The number of fused-ring (bicyclic) bond motifs is 1. The van der Waals surface area contributed by atoms with Gasteiger partial charge < -0.3 is 24.2 Å². The van der Waals surface area contributed by atoms with Crippen LogP contribution in [-0.2, 0) is 34.9 Å². The van der Waals surface area contributed by atoms with E-state index >= 15 is 0 Å². The zero-order chi connectivity index (χ0) is 35.7. The molecule has 0 bridgehead atoms. The summed E-state index contributed by atoms with van der Waals surface area (Å²) in [4.78, 5) is 17.0. The van der Waals surface area contributed by atoms with Crippen molar-refractivity contribution in [2.45, 2.75) is 0 Å². The topological polar surface area (TPSA) is 203 Å². The summed E-state index contributed by atoms with van der Waals surface area (Å²) in [5.41, 5.74) is 7.89. The molecule has 0 atom stereocenters. The zero-order valence-corrected chi connectivity index (χ0v) is 28.5. The van der Waals surface area contributed by atoms with Gasteiger partial charge in [-0.25, -0.2) is 26.0 Å². The van der Waals surface area contributed by atoms with Gasteiger partial charge in [0.15, 0.2) is 0 Å². The van der Waals surface area contributed by atoms with Crippen molar-refractivity contribution in [3.8, 4) is 0 Å². The third-order valence-electron chi connectivity index (χ3n) is 6.51. The Kier molecular flexibility index (Phi) is 13.3. The van der Waals surface area contributed by atoms with Crippen molar-refractivity contribution in [1.29, 1.82) is 0 Å². The van der Waals surface area contributed by atoms with E-state index in [9.17, 15) is 4.79 Å². The van der Waals surface area contributed by atoms with Crippen LogP contribution in [0.3, 0.4) is 0 Å². The minimum absolute atomic E-state index is 0.129. The SMILES string of the molecule is CNC(=O)c1c2n(c[n+]1C)c(/C=C/c1ccc(N(C)C)cc1)cc(/C=C/c1ccc(N(C)C)cc1)[n+]2C.O=S(=O)([O-])O.O=S(=O)([O-])O. The highest BCUT2D eigenvalue weighted by Gasteiger charge is 2.29. The number of imidazole rings is 1. The molecule has 0 spiro atoms. The number of aryl methyl sites for hydroxylation is 2. The van der Waals surface area contributed by atoms with Crippen molar-refractivity contribution < 1.29 is 49.0 Å². The number of rotatable bonds is 7. The molecule has 4 aromatic rings. The van der Waals surface area contributed by atoms with Gasteiger partial charge in [0.05, 0.1) is 14.1 Å². The van der Waals surface area contributed by atoms with Crippen molar-refractivity contribution in [3.05, 3.63) is 89.1 Å². The molecular formula is C30H38N6O9S2. The first-order chi connectivity index (χ1) is 21.7. The molecule has 0 unspecified atom stereocenters. The van der Waals surface area contributed by atoms with E-state index in [-0.39, 0.29) is 5.91 Å². The molecule has 254 valence electrons. The van der Waals surface area contributed by atoms with Gasteiger partial charge in [0.25, 0.3) is 17.9 Å². The standard InChI is InChI=1S/C30H35N6O.2H2O4S/c1-31-29(37)28-30-35(7)26(18-12-22-8-14-24(15-9-22)32(2)3)20-27(36(30)21-34(28)6)19-13-23-10-16-25(17-11-23)33(4)5;2*1-5(2,3)4/h8-21H,1-7H3;2*(H2,1,2,3,4)/q+1;;/p-1. The van der Waals surface area contributed by atoms with Gasteiger partial charge in [0.2, 0.25) is 20.8 Å². The van der Waals surface area contributed by atoms with E-state index in [4.69, 9.17) is 35.0 Å². The van der Waals surface area contributed by atoms with Gasteiger partial charge >= 0.3 is 5.65 Å². The first-order valence-corrected chi connectivity index (χ1v) is 16.4. The summed E-state index contributed by atoms with van der Waals surface area (Å²) >= 11 is 0. The van der Waals surface area contributed by atoms with Crippen LogP contribution in [0.15, 0.2) is 60.9 Å². The molecule has 2 aromatic heterocycles. The van der Waals surface area contributed by atoms with Crippen LogP contribution in [0.25, 0.3) is 30.0 Å². The molecule has 0 saturated carbocycles. The Morgan fingerprint density at radius 2 is 1.19 bits per heavy atom. The van der Waals surface area contributed by atoms with E-state index in [1.54, 1.807) is 7.05 Å². The second-order valence-electron chi connectivity index (χ2n) is 10.4. The Hall–Kier alpha value is -4.65. The Balaban J connectivity index is 0.000000670. The number of nitrogens with zero attached hydrogens (tertiary/aromatic N) is 5. The predicted molar refractivity (Wildman–Crippen MR) is 177 cm³/mol. The van der Waals surface area contributed by atoms with Gasteiger partial charge in [0.1, 0.15) is 11.4 Å². The number of hydrogen-bond donors (Lipinski definition) is 3. The molecule has 0 saturated heterocycles. The normalized spacial score (nSPS) is 11.6. The maximum atomic E-state index is 12.8. The number of nitrogens with one attached hydrogen (secondary N) is 1. The van der Waals surface area contributed by atoms with Crippen LogP contribution in [0.2, 0.25) is 0 Å². The van der Waals surface area contributed by atoms with Crippen LogP contribution in [-0.4, -0.2) is 80.6 Å². The number of anilines is 2. The molecule has 0 fully saturated rings. The monoisotopic (exact) mass is 690 g/mol. The van der Waals surface area contributed by atoms with Gasteiger partial charge in [-0.1, -0.05) is 36.4 Å². The van der Waals surface area contributed by atoms with Crippen LogP contribution in [0.1, 0.15) is 33.0 Å². The van der Waals surface area contributed by atoms with Gasteiger partial charge in [-0.3, -0.25) is 13.9 Å². The highest BCUT2D eigenvalue weighted by molar-refractivity contribution is 7.80. The van der Waals surface area contributed by atoms with Crippen LogP contribution in [0.4, 0.5) is 11.4 Å². The first-order valence-electron chi connectivity index (χ1n) is 13.6. The van der Waals surface area contributed by atoms with Crippen LogP contribution in [0, 0.1) is 0 Å². The first kappa shape index (κ1) is 38.5. The van der Waals surface area contributed by atoms with Crippen molar-refractivity contribution >= 4 is 68.0 Å². The molecule has 15 nitrogen and oxygen atoms in total. The molecule has 0 aliphatic heterocycles. The van der Waals surface area contributed by atoms with Crippen molar-refractivity contribution in [3.63, 3.8) is 0 Å². The average Bonchev–Trinajstić information content (AvgIpc) is 3.32. The highest BCUT2D eigenvalue weighted by atomic mass is 32.3. The maximum absolute atomic E-state index is 12.8. The van der Waals surface area contributed by atoms with Crippen LogP contribution < -0.4 is 24.3 Å².